The maximum Gasteiger partial charge on any atom is 0.128 e. The van der Waals surface area contributed by atoms with Gasteiger partial charge in [-0.1, -0.05) is 73.1 Å². The smallest absolute Gasteiger partial charge is 0.128 e. The molecule has 1 atom stereocenters. The third-order valence-corrected chi connectivity index (χ3v) is 5.56. The first-order valence-electron chi connectivity index (χ1n) is 9.31. The van der Waals surface area contributed by atoms with Crippen molar-refractivity contribution >= 4 is 28.2 Å². The molecular formula is C23H23ClN2. The first-order chi connectivity index (χ1) is 12.8. The lowest BCUT2D eigenvalue weighted by Gasteiger charge is -2.15. The molecule has 3 aromatic rings. The lowest BCUT2D eigenvalue weighted by atomic mass is 9.96. The maximum absolute atomic E-state index is 6.58. The van der Waals surface area contributed by atoms with Crippen LogP contribution in [-0.4, -0.2) is 18.4 Å². The summed E-state index contributed by atoms with van der Waals surface area (Å²) in [6.07, 6.45) is 2.95. The summed E-state index contributed by atoms with van der Waals surface area (Å²) in [5.41, 5.74) is 3.69. The molecule has 3 aromatic carbocycles. The van der Waals surface area contributed by atoms with Gasteiger partial charge in [-0.15, -0.1) is 0 Å². The number of nitrogens with zero attached hydrogens (tertiary/aromatic N) is 1. The van der Waals surface area contributed by atoms with Crippen LogP contribution in [0.4, 0.5) is 0 Å². The SMILES string of the molecule is CCC1CN=C(c2cccc(Cl)c2CCc2cccc3ccccc23)N1. The van der Waals surface area contributed by atoms with Crippen LogP contribution in [-0.2, 0) is 12.8 Å². The summed E-state index contributed by atoms with van der Waals surface area (Å²) >= 11 is 6.58. The van der Waals surface area contributed by atoms with E-state index in [0.29, 0.717) is 6.04 Å². The van der Waals surface area contributed by atoms with Crippen molar-refractivity contribution in [1.29, 1.82) is 0 Å². The van der Waals surface area contributed by atoms with E-state index in [9.17, 15) is 0 Å². The Morgan fingerprint density at radius 3 is 2.65 bits per heavy atom. The van der Waals surface area contributed by atoms with Crippen LogP contribution < -0.4 is 5.32 Å². The Hall–Kier alpha value is -2.32. The summed E-state index contributed by atoms with van der Waals surface area (Å²) in [6, 6.07) is 21.7. The number of rotatable bonds is 5. The van der Waals surface area contributed by atoms with Crippen molar-refractivity contribution in [3.63, 3.8) is 0 Å². The molecule has 1 aliphatic rings. The Balaban J connectivity index is 1.62. The van der Waals surface area contributed by atoms with Crippen molar-refractivity contribution in [3.05, 3.63) is 82.4 Å². The van der Waals surface area contributed by atoms with Gasteiger partial charge in [0.05, 0.1) is 6.54 Å². The number of fused-ring (bicyclic) bond motifs is 1. The summed E-state index contributed by atoms with van der Waals surface area (Å²) in [5, 5.41) is 6.98. The second-order valence-corrected chi connectivity index (χ2v) is 7.25. The fourth-order valence-electron chi connectivity index (χ4n) is 3.68. The average molecular weight is 363 g/mol. The highest BCUT2D eigenvalue weighted by Gasteiger charge is 2.20. The Kier molecular flexibility index (Phi) is 4.94. The summed E-state index contributed by atoms with van der Waals surface area (Å²) < 4.78 is 0. The molecule has 132 valence electrons. The van der Waals surface area contributed by atoms with Crippen molar-refractivity contribution in [2.24, 2.45) is 4.99 Å². The molecule has 1 aliphatic heterocycles. The molecule has 0 aromatic heterocycles. The molecule has 26 heavy (non-hydrogen) atoms. The maximum atomic E-state index is 6.58. The number of hydrogen-bond donors (Lipinski definition) is 1. The molecule has 0 spiro atoms. The largest absolute Gasteiger partial charge is 0.365 e. The molecule has 1 unspecified atom stereocenters. The van der Waals surface area contributed by atoms with Crippen molar-refractivity contribution in [3.8, 4) is 0 Å². The van der Waals surface area contributed by atoms with Crippen molar-refractivity contribution in [1.82, 2.24) is 5.32 Å². The minimum Gasteiger partial charge on any atom is -0.365 e. The number of amidine groups is 1. The highest BCUT2D eigenvalue weighted by molar-refractivity contribution is 6.32. The quantitative estimate of drug-likeness (QED) is 0.645. The molecule has 1 heterocycles. The molecule has 0 bridgehead atoms. The number of benzene rings is 3. The zero-order valence-corrected chi connectivity index (χ0v) is 15.8. The topological polar surface area (TPSA) is 24.4 Å². The van der Waals surface area contributed by atoms with Gasteiger partial charge in [-0.3, -0.25) is 4.99 Å². The van der Waals surface area contributed by atoms with Gasteiger partial charge in [0.2, 0.25) is 0 Å². The minimum atomic E-state index is 0.440. The van der Waals surface area contributed by atoms with E-state index in [1.165, 1.54) is 21.9 Å². The van der Waals surface area contributed by atoms with Gasteiger partial charge in [-0.2, -0.15) is 0 Å². The van der Waals surface area contributed by atoms with Crippen LogP contribution >= 0.6 is 11.6 Å². The predicted octanol–water partition coefficient (Wildman–Crippen LogP) is 5.41. The zero-order valence-electron chi connectivity index (χ0n) is 15.0. The van der Waals surface area contributed by atoms with E-state index in [4.69, 9.17) is 16.6 Å². The zero-order chi connectivity index (χ0) is 17.9. The third kappa shape index (κ3) is 3.34. The molecule has 2 nitrogen and oxygen atoms in total. The Morgan fingerprint density at radius 1 is 1.00 bits per heavy atom. The minimum absolute atomic E-state index is 0.440. The first-order valence-corrected chi connectivity index (χ1v) is 9.69. The van der Waals surface area contributed by atoms with Crippen LogP contribution in [0.3, 0.4) is 0 Å². The molecule has 4 rings (SSSR count). The molecule has 0 saturated carbocycles. The van der Waals surface area contributed by atoms with Gasteiger partial charge >= 0.3 is 0 Å². The summed E-state index contributed by atoms with van der Waals surface area (Å²) in [7, 11) is 0. The number of aryl methyl sites for hydroxylation is 1. The van der Waals surface area contributed by atoms with E-state index in [0.717, 1.165) is 42.2 Å². The van der Waals surface area contributed by atoms with Gasteiger partial charge in [0.15, 0.2) is 0 Å². The standard InChI is InChI=1S/C23H23ClN2/c1-2-18-15-25-23(26-18)21-11-6-12-22(24)20(21)14-13-17-9-5-8-16-7-3-4-10-19(16)17/h3-12,18H,2,13-15H2,1H3,(H,25,26). The van der Waals surface area contributed by atoms with Gasteiger partial charge in [-0.25, -0.2) is 0 Å². The number of hydrogen-bond acceptors (Lipinski definition) is 2. The number of halogens is 1. The average Bonchev–Trinajstić information content (AvgIpc) is 3.16. The summed E-state index contributed by atoms with van der Waals surface area (Å²) in [4.78, 5) is 4.71. The first kappa shape index (κ1) is 17.1. The monoisotopic (exact) mass is 362 g/mol. The van der Waals surface area contributed by atoms with E-state index < -0.39 is 0 Å². The van der Waals surface area contributed by atoms with E-state index in [1.807, 2.05) is 12.1 Å². The highest BCUT2D eigenvalue weighted by Crippen LogP contribution is 2.26. The fourth-order valence-corrected chi connectivity index (χ4v) is 3.95. The van der Waals surface area contributed by atoms with E-state index in [2.05, 4.69) is 60.8 Å². The second-order valence-electron chi connectivity index (χ2n) is 6.84. The van der Waals surface area contributed by atoms with Gasteiger partial charge in [0.25, 0.3) is 0 Å². The van der Waals surface area contributed by atoms with Gasteiger partial charge in [-0.05, 0) is 47.2 Å². The van der Waals surface area contributed by atoms with Crippen LogP contribution in [0.5, 0.6) is 0 Å². The van der Waals surface area contributed by atoms with Crippen LogP contribution in [0.1, 0.15) is 30.0 Å². The fraction of sp³-hybridized carbons (Fsp3) is 0.261. The molecule has 0 aliphatic carbocycles. The third-order valence-electron chi connectivity index (χ3n) is 5.20. The molecule has 0 radical (unpaired) electrons. The number of nitrogens with one attached hydrogen (secondary N) is 1. The van der Waals surface area contributed by atoms with Gasteiger partial charge < -0.3 is 5.32 Å². The Labute approximate surface area is 159 Å². The van der Waals surface area contributed by atoms with E-state index in [-0.39, 0.29) is 0 Å². The second kappa shape index (κ2) is 7.51. The molecule has 0 fully saturated rings. The predicted molar refractivity (Wildman–Crippen MR) is 111 cm³/mol. The highest BCUT2D eigenvalue weighted by atomic mass is 35.5. The summed E-state index contributed by atoms with van der Waals surface area (Å²) in [6.45, 7) is 3.04. The summed E-state index contributed by atoms with van der Waals surface area (Å²) in [5.74, 6) is 0.993. The molecule has 0 saturated heterocycles. The normalized spacial score (nSPS) is 16.5. The number of aliphatic imine (C=N–C) groups is 1. The van der Waals surface area contributed by atoms with Crippen LogP contribution in [0, 0.1) is 0 Å². The molecule has 3 heteroatoms. The van der Waals surface area contributed by atoms with Crippen molar-refractivity contribution < 1.29 is 0 Å². The van der Waals surface area contributed by atoms with E-state index in [1.54, 1.807) is 0 Å². The Bertz CT molecular complexity index is 956. The van der Waals surface area contributed by atoms with E-state index >= 15 is 0 Å². The van der Waals surface area contributed by atoms with Crippen molar-refractivity contribution in [2.45, 2.75) is 32.2 Å². The van der Waals surface area contributed by atoms with Crippen LogP contribution in [0.2, 0.25) is 5.02 Å². The van der Waals surface area contributed by atoms with Crippen LogP contribution in [0.25, 0.3) is 10.8 Å². The van der Waals surface area contributed by atoms with Crippen molar-refractivity contribution in [2.75, 3.05) is 6.54 Å². The van der Waals surface area contributed by atoms with Gasteiger partial charge in [0.1, 0.15) is 5.84 Å². The molecule has 1 N–H and O–H groups in total. The Morgan fingerprint density at radius 2 is 1.81 bits per heavy atom. The molecular weight excluding hydrogens is 340 g/mol. The van der Waals surface area contributed by atoms with Crippen LogP contribution in [0.15, 0.2) is 65.7 Å². The van der Waals surface area contributed by atoms with Gasteiger partial charge in [0, 0.05) is 16.6 Å². The lowest BCUT2D eigenvalue weighted by molar-refractivity contribution is 0.636. The molecule has 0 amide bonds. The lowest BCUT2D eigenvalue weighted by Crippen LogP contribution is -2.30.